The number of hydrogen-bond acceptors (Lipinski definition) is 4. The van der Waals surface area contributed by atoms with Crippen LogP contribution in [0.4, 0.5) is 5.82 Å². The van der Waals surface area contributed by atoms with Gasteiger partial charge in [-0.15, -0.1) is 0 Å². The zero-order valence-electron chi connectivity index (χ0n) is 12.4. The van der Waals surface area contributed by atoms with E-state index in [9.17, 15) is 5.11 Å². The van der Waals surface area contributed by atoms with Crippen molar-refractivity contribution in [3.05, 3.63) is 45.6 Å². The van der Waals surface area contributed by atoms with Crippen molar-refractivity contribution in [1.82, 2.24) is 4.98 Å². The lowest BCUT2D eigenvalue weighted by Gasteiger charge is -2.27. The number of nitrogens with one attached hydrogen (secondary N) is 1. The van der Waals surface area contributed by atoms with Gasteiger partial charge in [0, 0.05) is 33.0 Å². The third-order valence-corrected chi connectivity index (χ3v) is 5.13. The summed E-state index contributed by atoms with van der Waals surface area (Å²) in [6, 6.07) is 6.90. The van der Waals surface area contributed by atoms with E-state index in [1.54, 1.807) is 24.3 Å². The van der Waals surface area contributed by atoms with Gasteiger partial charge in [0.2, 0.25) is 0 Å². The fraction of sp³-hybridized carbons (Fsp3) is 0.188. The highest BCUT2D eigenvalue weighted by Gasteiger charge is 2.36. The van der Waals surface area contributed by atoms with Crippen LogP contribution in [-0.4, -0.2) is 16.8 Å². The number of phenols is 1. The van der Waals surface area contributed by atoms with Crippen molar-refractivity contribution >= 4 is 40.2 Å². The van der Waals surface area contributed by atoms with Crippen molar-refractivity contribution < 1.29 is 5.11 Å². The van der Waals surface area contributed by atoms with Crippen molar-refractivity contribution in [3.8, 4) is 11.7 Å². The van der Waals surface area contributed by atoms with Gasteiger partial charge < -0.3 is 21.6 Å². The quantitative estimate of drug-likeness (QED) is 0.621. The first-order chi connectivity index (χ1) is 11.0. The van der Waals surface area contributed by atoms with Crippen LogP contribution in [0.15, 0.2) is 28.7 Å². The number of rotatable bonds is 3. The van der Waals surface area contributed by atoms with E-state index in [1.165, 1.54) is 0 Å². The molecule has 0 amide bonds. The molecule has 23 heavy (non-hydrogen) atoms. The first-order valence-electron chi connectivity index (χ1n) is 7.33. The van der Waals surface area contributed by atoms with Crippen LogP contribution in [0.3, 0.4) is 0 Å². The summed E-state index contributed by atoms with van der Waals surface area (Å²) in [5.41, 5.74) is 15.0. The van der Waals surface area contributed by atoms with Crippen molar-refractivity contribution in [2.24, 2.45) is 5.73 Å². The van der Waals surface area contributed by atoms with Crippen LogP contribution in [-0.2, 0) is 0 Å². The van der Waals surface area contributed by atoms with Crippen LogP contribution in [0.25, 0.3) is 11.8 Å². The Kier molecular flexibility index (Phi) is 4.10. The smallest absolute Gasteiger partial charge is 0.269 e. The van der Waals surface area contributed by atoms with Crippen molar-refractivity contribution in [1.29, 1.82) is 5.26 Å². The van der Waals surface area contributed by atoms with Gasteiger partial charge >= 0.3 is 0 Å². The number of anilines is 1. The molecule has 6 N–H and O–H groups in total. The predicted octanol–water partition coefficient (Wildman–Crippen LogP) is 3.18. The molecule has 116 valence electrons. The Morgan fingerprint density at radius 3 is 2.78 bits per heavy atom. The molecule has 0 aliphatic carbocycles. The molecular weight excluding hydrogens is 355 g/mol. The van der Waals surface area contributed by atoms with Gasteiger partial charge in [0.15, 0.2) is 0 Å². The average Bonchev–Trinajstić information content (AvgIpc) is 2.75. The highest BCUT2D eigenvalue weighted by atomic mass is 79.9. The van der Waals surface area contributed by atoms with Gasteiger partial charge in [0.05, 0.1) is 0 Å². The number of nitrogens with two attached hydrogens (primary N) is 2. The van der Waals surface area contributed by atoms with Crippen molar-refractivity contribution in [2.75, 3.05) is 5.73 Å². The molecule has 1 aromatic heterocycles. The summed E-state index contributed by atoms with van der Waals surface area (Å²) in [4.78, 5) is 3.19. The fourth-order valence-corrected chi connectivity index (χ4v) is 3.61. The maximum atomic E-state index is 9.89. The van der Waals surface area contributed by atoms with Crippen LogP contribution in [0, 0.1) is 11.2 Å². The van der Waals surface area contributed by atoms with Gasteiger partial charge in [0.25, 0.3) is 6.71 Å². The van der Waals surface area contributed by atoms with E-state index in [4.69, 9.17) is 16.7 Å². The molecule has 1 saturated heterocycles. The molecule has 2 heterocycles. The number of nitrogens with zero attached hydrogens (tertiary/aromatic N) is 1. The van der Waals surface area contributed by atoms with E-state index in [0.29, 0.717) is 23.0 Å². The van der Waals surface area contributed by atoms with E-state index in [2.05, 4.69) is 26.9 Å². The minimum Gasteiger partial charge on any atom is -0.507 e. The van der Waals surface area contributed by atoms with Crippen LogP contribution in [0.1, 0.15) is 22.7 Å². The maximum Gasteiger partial charge on any atom is 0.269 e. The van der Waals surface area contributed by atoms with Crippen LogP contribution in [0.2, 0.25) is 12.6 Å². The zero-order valence-corrected chi connectivity index (χ0v) is 14.0. The molecule has 0 unspecified atom stereocenters. The zero-order chi connectivity index (χ0) is 16.6. The number of para-hydroxylation sites is 1. The van der Waals surface area contributed by atoms with Crippen molar-refractivity contribution in [3.63, 3.8) is 0 Å². The van der Waals surface area contributed by atoms with Gasteiger partial charge in [0.1, 0.15) is 11.6 Å². The Morgan fingerprint density at radius 1 is 1.43 bits per heavy atom. The summed E-state index contributed by atoms with van der Waals surface area (Å²) in [6.07, 6.45) is 3.43. The van der Waals surface area contributed by atoms with Crippen LogP contribution < -0.4 is 11.5 Å². The van der Waals surface area contributed by atoms with E-state index in [0.717, 1.165) is 28.4 Å². The second kappa shape index (κ2) is 6.05. The maximum absolute atomic E-state index is 9.89. The lowest BCUT2D eigenvalue weighted by molar-refractivity contribution is 0.473. The monoisotopic (exact) mass is 370 g/mol. The predicted molar refractivity (Wildman–Crippen MR) is 96.8 cm³/mol. The molecule has 1 aliphatic heterocycles. The lowest BCUT2D eigenvalue weighted by Crippen LogP contribution is -2.28. The molecule has 5 nitrogen and oxygen atoms in total. The summed E-state index contributed by atoms with van der Waals surface area (Å²) in [6.45, 7) is 0.127. The third kappa shape index (κ3) is 2.82. The van der Waals surface area contributed by atoms with E-state index in [1.807, 2.05) is 6.07 Å². The number of hydrogen-bond donors (Lipinski definition) is 4. The molecule has 0 radical (unpaired) electrons. The number of H-pyrrole nitrogens is 1. The molecule has 2 aromatic rings. The normalized spacial score (nSPS) is 15.3. The van der Waals surface area contributed by atoms with Gasteiger partial charge in [-0.2, -0.15) is 0 Å². The number of nitrogen functional groups attached to an aromatic ring is 1. The molecule has 1 aromatic carbocycles. The molecular formula is C16H16BBrN4O. The molecule has 1 fully saturated rings. The first-order valence-corrected chi connectivity index (χ1v) is 8.12. The summed E-state index contributed by atoms with van der Waals surface area (Å²) < 4.78 is 0.870. The first kappa shape index (κ1) is 15.6. The summed E-state index contributed by atoms with van der Waals surface area (Å²) in [5, 5.41) is 18.8. The number of aromatic nitrogens is 1. The average molecular weight is 371 g/mol. The molecule has 7 heteroatoms. The third-order valence-electron chi connectivity index (χ3n) is 4.28. The fourth-order valence-electron chi connectivity index (χ4n) is 2.86. The van der Waals surface area contributed by atoms with Gasteiger partial charge in [-0.05, 0) is 40.1 Å². The Bertz CT molecular complexity index is 818. The number of nitriles is 1. The second-order valence-electron chi connectivity index (χ2n) is 5.79. The Labute approximate surface area is 143 Å². The number of benzene rings is 1. The Morgan fingerprint density at radius 2 is 2.13 bits per heavy atom. The number of aromatic amines is 1. The highest BCUT2D eigenvalue weighted by molar-refractivity contribution is 9.10. The minimum atomic E-state index is 0.127. The second-order valence-corrected chi connectivity index (χ2v) is 6.58. The van der Waals surface area contributed by atoms with Crippen molar-refractivity contribution in [2.45, 2.75) is 18.6 Å². The van der Waals surface area contributed by atoms with E-state index >= 15 is 0 Å². The number of aromatic hydroxyl groups is 1. The summed E-state index contributed by atoms with van der Waals surface area (Å²) >= 11 is 3.58. The number of halogens is 1. The molecule has 0 saturated carbocycles. The standard InChI is InChI=1S/C16H16BBrN4O/c18-14-11(5-12(20)10-3-1-2-4-13(10)23)16(21)22-15(14)9-6-17(7-9)8-19/h1-5,9,22-23H,6-7,20-21H2/b12-5-. The topological polar surface area (TPSA) is 112 Å². The molecule has 0 bridgehead atoms. The van der Waals surface area contributed by atoms with Gasteiger partial charge in [-0.1, -0.05) is 24.8 Å². The Balaban J connectivity index is 1.92. The lowest BCUT2D eigenvalue weighted by atomic mass is 9.32. The largest absolute Gasteiger partial charge is 0.507 e. The van der Waals surface area contributed by atoms with Gasteiger partial charge in [-0.25, -0.2) is 5.26 Å². The van der Waals surface area contributed by atoms with Crippen LogP contribution >= 0.6 is 15.9 Å². The molecule has 3 rings (SSSR count). The highest BCUT2D eigenvalue weighted by Crippen LogP contribution is 2.43. The van der Waals surface area contributed by atoms with Gasteiger partial charge in [-0.3, -0.25) is 0 Å². The SMILES string of the molecule is N#CB1CC(c2[nH]c(N)c(/C=C(\N)c3ccccc3O)c2Br)C1. The number of phenolic OH excluding ortho intramolecular Hbond substituents is 1. The van der Waals surface area contributed by atoms with E-state index < -0.39 is 0 Å². The van der Waals surface area contributed by atoms with E-state index in [-0.39, 0.29) is 12.5 Å². The minimum absolute atomic E-state index is 0.127. The van der Waals surface area contributed by atoms with Crippen LogP contribution in [0.5, 0.6) is 5.75 Å². The molecule has 1 aliphatic rings. The molecule has 0 atom stereocenters. The summed E-state index contributed by atoms with van der Waals surface area (Å²) in [7, 11) is 0. The molecule has 0 spiro atoms. The Hall–Kier alpha value is -2.33. The summed E-state index contributed by atoms with van der Waals surface area (Å²) in [5.74, 6) is 3.24.